The Morgan fingerprint density at radius 2 is 2.07 bits per heavy atom. The van der Waals surface area contributed by atoms with Gasteiger partial charge >= 0.3 is 5.97 Å². The molecule has 1 aliphatic heterocycles. The molecule has 1 saturated heterocycles. The smallest absolute Gasteiger partial charge is 0.335 e. The number of aromatic carboxylic acids is 1. The van der Waals surface area contributed by atoms with Crippen molar-refractivity contribution < 1.29 is 9.90 Å². The van der Waals surface area contributed by atoms with E-state index < -0.39 is 5.97 Å². The van der Waals surface area contributed by atoms with Gasteiger partial charge in [0.15, 0.2) is 0 Å². The third kappa shape index (κ3) is 1.45. The molecule has 1 heterocycles. The lowest BCUT2D eigenvalue weighted by molar-refractivity contribution is 0.0697. The van der Waals surface area contributed by atoms with Crippen molar-refractivity contribution in [1.82, 2.24) is 0 Å². The molecule has 1 aliphatic rings. The van der Waals surface area contributed by atoms with E-state index in [1.165, 1.54) is 6.42 Å². The molecule has 0 spiro atoms. The maximum atomic E-state index is 10.6. The number of hydrogen-bond acceptors (Lipinski definition) is 2. The Kier molecular flexibility index (Phi) is 2.15. The van der Waals surface area contributed by atoms with Crippen LogP contribution in [-0.4, -0.2) is 23.7 Å². The molecule has 0 aliphatic carbocycles. The normalized spacial score (nSPS) is 20.4. The van der Waals surface area contributed by atoms with Gasteiger partial charge in [-0.25, -0.2) is 4.79 Å². The Morgan fingerprint density at radius 3 is 2.43 bits per heavy atom. The first-order valence-electron chi connectivity index (χ1n) is 4.78. The number of rotatable bonds is 2. The van der Waals surface area contributed by atoms with Gasteiger partial charge < -0.3 is 10.0 Å². The second-order valence-electron chi connectivity index (χ2n) is 3.68. The fourth-order valence-corrected chi connectivity index (χ4v) is 1.70. The van der Waals surface area contributed by atoms with E-state index in [2.05, 4.69) is 11.8 Å². The molecule has 3 heteroatoms. The van der Waals surface area contributed by atoms with E-state index in [1.807, 2.05) is 12.1 Å². The predicted molar refractivity (Wildman–Crippen MR) is 54.8 cm³/mol. The third-order valence-corrected chi connectivity index (χ3v) is 2.77. The maximum Gasteiger partial charge on any atom is 0.335 e. The van der Waals surface area contributed by atoms with E-state index in [4.69, 9.17) is 5.11 Å². The molecule has 1 fully saturated rings. The van der Waals surface area contributed by atoms with Crippen LogP contribution in [0.5, 0.6) is 0 Å². The maximum absolute atomic E-state index is 10.6. The monoisotopic (exact) mass is 191 g/mol. The number of benzene rings is 1. The van der Waals surface area contributed by atoms with Crippen LogP contribution in [0.25, 0.3) is 0 Å². The molecule has 2 rings (SSSR count). The molecule has 1 N–H and O–H groups in total. The number of nitrogens with zero attached hydrogens (tertiary/aromatic N) is 1. The van der Waals surface area contributed by atoms with Crippen LogP contribution in [0.3, 0.4) is 0 Å². The van der Waals surface area contributed by atoms with Gasteiger partial charge in [-0.2, -0.15) is 0 Å². The first-order valence-corrected chi connectivity index (χ1v) is 4.78. The van der Waals surface area contributed by atoms with E-state index in [0.29, 0.717) is 11.6 Å². The molecule has 74 valence electrons. The Labute approximate surface area is 83.0 Å². The highest BCUT2D eigenvalue weighted by Gasteiger charge is 2.23. The summed E-state index contributed by atoms with van der Waals surface area (Å²) in [5.74, 6) is -0.867. The van der Waals surface area contributed by atoms with Crippen molar-refractivity contribution in [1.29, 1.82) is 0 Å². The average molecular weight is 191 g/mol. The molecule has 1 unspecified atom stereocenters. The minimum Gasteiger partial charge on any atom is -0.478 e. The van der Waals surface area contributed by atoms with Crippen LogP contribution < -0.4 is 4.90 Å². The quantitative estimate of drug-likeness (QED) is 0.777. The summed E-state index contributed by atoms with van der Waals surface area (Å²) in [6.45, 7) is 3.25. The first kappa shape index (κ1) is 9.06. The van der Waals surface area contributed by atoms with Gasteiger partial charge in [-0.15, -0.1) is 0 Å². The van der Waals surface area contributed by atoms with Crippen LogP contribution in [0.1, 0.15) is 23.7 Å². The van der Waals surface area contributed by atoms with Crippen molar-refractivity contribution in [2.75, 3.05) is 11.4 Å². The fraction of sp³-hybridized carbons (Fsp3) is 0.364. The largest absolute Gasteiger partial charge is 0.478 e. The van der Waals surface area contributed by atoms with Crippen molar-refractivity contribution in [2.24, 2.45) is 0 Å². The van der Waals surface area contributed by atoms with Gasteiger partial charge in [0, 0.05) is 18.3 Å². The molecular formula is C11H13NO2. The zero-order valence-electron chi connectivity index (χ0n) is 8.10. The number of anilines is 1. The summed E-state index contributed by atoms with van der Waals surface area (Å²) in [6.07, 6.45) is 1.22. The summed E-state index contributed by atoms with van der Waals surface area (Å²) in [7, 11) is 0. The second kappa shape index (κ2) is 3.33. The Hall–Kier alpha value is -1.51. The van der Waals surface area contributed by atoms with Crippen molar-refractivity contribution in [2.45, 2.75) is 19.4 Å². The van der Waals surface area contributed by atoms with Gasteiger partial charge in [-0.05, 0) is 37.6 Å². The average Bonchev–Trinajstić information content (AvgIpc) is 2.16. The number of hydrogen-bond donors (Lipinski definition) is 1. The molecule has 0 bridgehead atoms. The highest BCUT2D eigenvalue weighted by atomic mass is 16.4. The van der Waals surface area contributed by atoms with Crippen LogP contribution in [0.15, 0.2) is 24.3 Å². The summed E-state index contributed by atoms with van der Waals surface area (Å²) in [5, 5.41) is 8.72. The lowest BCUT2D eigenvalue weighted by Crippen LogP contribution is -2.45. The van der Waals surface area contributed by atoms with Gasteiger partial charge in [0.2, 0.25) is 0 Å². The standard InChI is InChI=1S/C11H13NO2/c1-8-6-7-12(8)10-4-2-9(3-5-10)11(13)14/h2-5,8H,6-7H2,1H3,(H,13,14). The fourth-order valence-electron chi connectivity index (χ4n) is 1.70. The topological polar surface area (TPSA) is 40.5 Å². The molecule has 14 heavy (non-hydrogen) atoms. The van der Waals surface area contributed by atoms with Crippen LogP contribution in [0.2, 0.25) is 0 Å². The van der Waals surface area contributed by atoms with Crippen molar-refractivity contribution in [3.05, 3.63) is 29.8 Å². The van der Waals surface area contributed by atoms with Crippen LogP contribution >= 0.6 is 0 Å². The van der Waals surface area contributed by atoms with E-state index in [0.717, 1.165) is 12.2 Å². The van der Waals surface area contributed by atoms with Crippen LogP contribution in [-0.2, 0) is 0 Å². The lowest BCUT2D eigenvalue weighted by atomic mass is 10.0. The molecule has 1 aromatic carbocycles. The van der Waals surface area contributed by atoms with Crippen molar-refractivity contribution in [3.8, 4) is 0 Å². The van der Waals surface area contributed by atoms with Gasteiger partial charge in [0.25, 0.3) is 0 Å². The van der Waals surface area contributed by atoms with Gasteiger partial charge in [-0.1, -0.05) is 0 Å². The second-order valence-corrected chi connectivity index (χ2v) is 3.68. The third-order valence-electron chi connectivity index (χ3n) is 2.77. The van der Waals surface area contributed by atoms with Gasteiger partial charge in [-0.3, -0.25) is 0 Å². The summed E-state index contributed by atoms with van der Waals surface area (Å²) < 4.78 is 0. The predicted octanol–water partition coefficient (Wildman–Crippen LogP) is 1.98. The molecule has 0 amide bonds. The van der Waals surface area contributed by atoms with Gasteiger partial charge in [0.05, 0.1) is 5.56 Å². The number of carboxylic acid groups (broad SMARTS) is 1. The molecule has 0 radical (unpaired) electrons. The number of carbonyl (C=O) groups is 1. The summed E-state index contributed by atoms with van der Waals surface area (Å²) >= 11 is 0. The number of carboxylic acids is 1. The molecular weight excluding hydrogens is 178 g/mol. The SMILES string of the molecule is CC1CCN1c1ccc(C(=O)O)cc1. The van der Waals surface area contributed by atoms with E-state index >= 15 is 0 Å². The molecule has 1 aromatic rings. The minimum atomic E-state index is -0.867. The van der Waals surface area contributed by atoms with E-state index in [1.54, 1.807) is 12.1 Å². The van der Waals surface area contributed by atoms with Crippen molar-refractivity contribution >= 4 is 11.7 Å². The van der Waals surface area contributed by atoms with Gasteiger partial charge in [0.1, 0.15) is 0 Å². The molecule has 0 saturated carbocycles. The first-order chi connectivity index (χ1) is 6.68. The zero-order chi connectivity index (χ0) is 10.1. The Morgan fingerprint density at radius 1 is 1.43 bits per heavy atom. The summed E-state index contributed by atoms with van der Waals surface area (Å²) in [5.41, 5.74) is 1.47. The Bertz CT molecular complexity index is 345. The Balaban J connectivity index is 2.17. The lowest BCUT2D eigenvalue weighted by Gasteiger charge is -2.40. The summed E-state index contributed by atoms with van der Waals surface area (Å²) in [4.78, 5) is 12.9. The van der Waals surface area contributed by atoms with Crippen LogP contribution in [0, 0.1) is 0 Å². The van der Waals surface area contributed by atoms with Crippen molar-refractivity contribution in [3.63, 3.8) is 0 Å². The highest BCUT2D eigenvalue weighted by molar-refractivity contribution is 5.88. The molecule has 0 aromatic heterocycles. The molecule has 3 nitrogen and oxygen atoms in total. The summed E-state index contributed by atoms with van der Waals surface area (Å²) in [6, 6.07) is 7.65. The van der Waals surface area contributed by atoms with E-state index in [-0.39, 0.29) is 0 Å². The highest BCUT2D eigenvalue weighted by Crippen LogP contribution is 2.25. The zero-order valence-corrected chi connectivity index (χ0v) is 8.10. The van der Waals surface area contributed by atoms with E-state index in [9.17, 15) is 4.79 Å². The van der Waals surface area contributed by atoms with Crippen LogP contribution in [0.4, 0.5) is 5.69 Å². The molecule has 1 atom stereocenters. The minimum absolute atomic E-state index is 0.349.